The van der Waals surface area contributed by atoms with E-state index in [2.05, 4.69) is 9.97 Å². The highest BCUT2D eigenvalue weighted by Gasteiger charge is 2.32. The summed E-state index contributed by atoms with van der Waals surface area (Å²) in [5.41, 5.74) is 5.91. The molecule has 2 aromatic rings. The molecule has 0 spiro atoms. The smallest absolute Gasteiger partial charge is 0.326 e. The topological polar surface area (TPSA) is 51.8 Å². The predicted molar refractivity (Wildman–Crippen MR) is 60.4 cm³/mol. The third-order valence-corrected chi connectivity index (χ3v) is 2.39. The lowest BCUT2D eigenvalue weighted by atomic mass is 10.1. The average Bonchev–Trinajstić information content (AvgIpc) is 2.38. The maximum atomic E-state index is 12.5. The van der Waals surface area contributed by atoms with Crippen LogP contribution >= 0.6 is 0 Å². The van der Waals surface area contributed by atoms with E-state index < -0.39 is 11.9 Å². The van der Waals surface area contributed by atoms with Gasteiger partial charge in [0, 0.05) is 18.3 Å². The van der Waals surface area contributed by atoms with Gasteiger partial charge in [0.15, 0.2) is 5.82 Å². The zero-order chi connectivity index (χ0) is 13.2. The van der Waals surface area contributed by atoms with Crippen molar-refractivity contribution in [3.05, 3.63) is 47.8 Å². The number of halogens is 3. The van der Waals surface area contributed by atoms with Crippen molar-refractivity contribution in [3.8, 4) is 11.4 Å². The van der Waals surface area contributed by atoms with E-state index in [4.69, 9.17) is 5.73 Å². The molecule has 0 bridgehead atoms. The summed E-state index contributed by atoms with van der Waals surface area (Å²) >= 11 is 0. The van der Waals surface area contributed by atoms with E-state index in [1.54, 1.807) is 24.3 Å². The third-order valence-electron chi connectivity index (χ3n) is 2.39. The van der Waals surface area contributed by atoms with Gasteiger partial charge >= 0.3 is 6.18 Å². The van der Waals surface area contributed by atoms with Gasteiger partial charge in [-0.25, -0.2) is 9.97 Å². The number of nitrogens with zero attached hydrogens (tertiary/aromatic N) is 2. The summed E-state index contributed by atoms with van der Waals surface area (Å²) < 4.78 is 37.5. The van der Waals surface area contributed by atoms with E-state index in [0.717, 1.165) is 17.8 Å². The van der Waals surface area contributed by atoms with Gasteiger partial charge in [0.25, 0.3) is 0 Å². The zero-order valence-corrected chi connectivity index (χ0v) is 9.28. The summed E-state index contributed by atoms with van der Waals surface area (Å²) in [6.45, 7) is 0.379. The van der Waals surface area contributed by atoms with Crippen molar-refractivity contribution in [2.75, 3.05) is 0 Å². The summed E-state index contributed by atoms with van der Waals surface area (Å²) in [5.74, 6) is 0.0494. The molecule has 1 heterocycles. The first-order chi connectivity index (χ1) is 8.50. The molecule has 2 rings (SSSR count). The minimum absolute atomic E-state index is 0.0494. The highest BCUT2D eigenvalue weighted by atomic mass is 19.4. The minimum Gasteiger partial charge on any atom is -0.326 e. The van der Waals surface area contributed by atoms with Gasteiger partial charge in [0.2, 0.25) is 0 Å². The van der Waals surface area contributed by atoms with Crippen molar-refractivity contribution in [1.82, 2.24) is 9.97 Å². The van der Waals surface area contributed by atoms with Gasteiger partial charge in [-0.3, -0.25) is 0 Å². The molecule has 0 radical (unpaired) electrons. The van der Waals surface area contributed by atoms with Gasteiger partial charge in [0.1, 0.15) is 5.69 Å². The third kappa shape index (κ3) is 2.65. The van der Waals surface area contributed by atoms with Crippen LogP contribution in [0, 0.1) is 0 Å². The normalized spacial score (nSPS) is 11.6. The van der Waals surface area contributed by atoms with Gasteiger partial charge < -0.3 is 5.73 Å². The van der Waals surface area contributed by atoms with E-state index in [0.29, 0.717) is 12.1 Å². The van der Waals surface area contributed by atoms with Crippen LogP contribution in [0.3, 0.4) is 0 Å². The molecule has 3 nitrogen and oxygen atoms in total. The molecular weight excluding hydrogens is 243 g/mol. The first-order valence-electron chi connectivity index (χ1n) is 5.20. The Morgan fingerprint density at radius 3 is 2.28 bits per heavy atom. The first-order valence-corrected chi connectivity index (χ1v) is 5.20. The molecule has 6 heteroatoms. The van der Waals surface area contributed by atoms with Crippen LogP contribution in [0.25, 0.3) is 11.4 Å². The lowest BCUT2D eigenvalue weighted by molar-refractivity contribution is -0.141. The largest absolute Gasteiger partial charge is 0.433 e. The number of benzene rings is 1. The fourth-order valence-corrected chi connectivity index (χ4v) is 1.45. The quantitative estimate of drug-likeness (QED) is 0.895. The van der Waals surface area contributed by atoms with Crippen LogP contribution < -0.4 is 5.73 Å². The lowest BCUT2D eigenvalue weighted by Gasteiger charge is -2.07. The number of nitrogens with two attached hydrogens (primary N) is 1. The molecule has 0 atom stereocenters. The molecule has 94 valence electrons. The number of rotatable bonds is 2. The second-order valence-electron chi connectivity index (χ2n) is 3.66. The molecule has 0 saturated heterocycles. The predicted octanol–water partition coefficient (Wildman–Crippen LogP) is 2.62. The summed E-state index contributed by atoms with van der Waals surface area (Å²) in [7, 11) is 0. The van der Waals surface area contributed by atoms with Crippen LogP contribution in [0.4, 0.5) is 13.2 Å². The summed E-state index contributed by atoms with van der Waals surface area (Å²) in [6.07, 6.45) is -3.36. The van der Waals surface area contributed by atoms with Gasteiger partial charge in [-0.15, -0.1) is 0 Å². The maximum absolute atomic E-state index is 12.5. The van der Waals surface area contributed by atoms with Crippen LogP contribution in [0.5, 0.6) is 0 Å². The van der Waals surface area contributed by atoms with Crippen molar-refractivity contribution in [2.45, 2.75) is 12.7 Å². The van der Waals surface area contributed by atoms with Gasteiger partial charge in [0.05, 0.1) is 0 Å². The fourth-order valence-electron chi connectivity index (χ4n) is 1.45. The Hall–Kier alpha value is -1.95. The van der Waals surface area contributed by atoms with Crippen LogP contribution in [-0.4, -0.2) is 9.97 Å². The van der Waals surface area contributed by atoms with Gasteiger partial charge in [-0.05, 0) is 11.6 Å². The summed E-state index contributed by atoms with van der Waals surface area (Å²) in [5, 5.41) is 0. The molecule has 0 aliphatic heterocycles. The van der Waals surface area contributed by atoms with E-state index >= 15 is 0 Å². The second kappa shape index (κ2) is 4.73. The molecule has 0 aliphatic rings. The minimum atomic E-state index is -4.46. The summed E-state index contributed by atoms with van der Waals surface area (Å²) in [4.78, 5) is 7.34. The van der Waals surface area contributed by atoms with Gasteiger partial charge in [-0.1, -0.05) is 24.3 Å². The van der Waals surface area contributed by atoms with Crippen LogP contribution in [0.2, 0.25) is 0 Å². The molecule has 18 heavy (non-hydrogen) atoms. The van der Waals surface area contributed by atoms with Crippen molar-refractivity contribution < 1.29 is 13.2 Å². The zero-order valence-electron chi connectivity index (χ0n) is 9.28. The van der Waals surface area contributed by atoms with Crippen molar-refractivity contribution in [1.29, 1.82) is 0 Å². The molecule has 0 amide bonds. The number of alkyl halides is 3. The molecule has 0 aliphatic carbocycles. The highest BCUT2D eigenvalue weighted by Crippen LogP contribution is 2.28. The second-order valence-corrected chi connectivity index (χ2v) is 3.66. The molecule has 0 unspecified atom stereocenters. The molecule has 2 N–H and O–H groups in total. The Kier molecular flexibility index (Phi) is 3.29. The maximum Gasteiger partial charge on any atom is 0.433 e. The van der Waals surface area contributed by atoms with Gasteiger partial charge in [-0.2, -0.15) is 13.2 Å². The molecular formula is C12H10F3N3. The van der Waals surface area contributed by atoms with Crippen molar-refractivity contribution in [3.63, 3.8) is 0 Å². The Labute approximate surface area is 101 Å². The Balaban J connectivity index is 2.38. The highest BCUT2D eigenvalue weighted by molar-refractivity contribution is 5.55. The van der Waals surface area contributed by atoms with Crippen molar-refractivity contribution >= 4 is 0 Å². The van der Waals surface area contributed by atoms with Crippen LogP contribution in [0.1, 0.15) is 11.3 Å². The van der Waals surface area contributed by atoms with E-state index in [1.807, 2.05) is 0 Å². The Morgan fingerprint density at radius 2 is 1.72 bits per heavy atom. The summed E-state index contributed by atoms with van der Waals surface area (Å²) in [6, 6.07) is 7.62. The fraction of sp³-hybridized carbons (Fsp3) is 0.167. The number of hydrogen-bond donors (Lipinski definition) is 1. The van der Waals surface area contributed by atoms with E-state index in [9.17, 15) is 13.2 Å². The molecule has 1 aromatic heterocycles. The van der Waals surface area contributed by atoms with Crippen molar-refractivity contribution in [2.24, 2.45) is 5.73 Å². The standard InChI is InChI=1S/C12H10F3N3/c13-12(14,15)10-5-6-17-11(18-10)9-3-1-8(7-16)2-4-9/h1-6H,7,16H2. The molecule has 0 saturated carbocycles. The number of hydrogen-bond acceptors (Lipinski definition) is 3. The molecule has 0 fully saturated rings. The van der Waals surface area contributed by atoms with Crippen LogP contribution in [0.15, 0.2) is 36.5 Å². The average molecular weight is 253 g/mol. The Bertz CT molecular complexity index is 535. The first kappa shape index (κ1) is 12.5. The number of aromatic nitrogens is 2. The van der Waals surface area contributed by atoms with Crippen LogP contribution in [-0.2, 0) is 12.7 Å². The monoisotopic (exact) mass is 253 g/mol. The van der Waals surface area contributed by atoms with E-state index in [-0.39, 0.29) is 5.82 Å². The Morgan fingerprint density at radius 1 is 1.06 bits per heavy atom. The SMILES string of the molecule is NCc1ccc(-c2nccc(C(F)(F)F)n2)cc1. The molecule has 1 aromatic carbocycles. The lowest BCUT2D eigenvalue weighted by Crippen LogP contribution is -2.09. The van der Waals surface area contributed by atoms with E-state index in [1.165, 1.54) is 0 Å².